The Morgan fingerprint density at radius 1 is 1.09 bits per heavy atom. The van der Waals surface area contributed by atoms with Gasteiger partial charge in [0.15, 0.2) is 11.5 Å². The van der Waals surface area contributed by atoms with E-state index in [0.717, 1.165) is 32.0 Å². The third kappa shape index (κ3) is 3.48. The molecule has 1 saturated heterocycles. The van der Waals surface area contributed by atoms with Crippen molar-refractivity contribution in [3.8, 4) is 11.5 Å². The molecule has 1 aromatic rings. The number of rotatable bonds is 2. The lowest BCUT2D eigenvalue weighted by Crippen LogP contribution is -2.31. The van der Waals surface area contributed by atoms with E-state index >= 15 is 0 Å². The second-order valence-corrected chi connectivity index (χ2v) is 5.92. The van der Waals surface area contributed by atoms with E-state index in [0.29, 0.717) is 37.4 Å². The Morgan fingerprint density at radius 2 is 1.82 bits per heavy atom. The largest absolute Gasteiger partial charge is 0.490 e. The van der Waals surface area contributed by atoms with Gasteiger partial charge >= 0.3 is 6.18 Å². The molecule has 1 atom stereocenters. The van der Waals surface area contributed by atoms with Crippen molar-refractivity contribution in [1.29, 1.82) is 0 Å². The molecule has 0 bridgehead atoms. The lowest BCUT2D eigenvalue weighted by molar-refractivity contribution is -0.138. The van der Waals surface area contributed by atoms with Crippen molar-refractivity contribution in [3.05, 3.63) is 23.3 Å². The van der Waals surface area contributed by atoms with Gasteiger partial charge in [0.25, 0.3) is 0 Å². The molecule has 0 aromatic heterocycles. The van der Waals surface area contributed by atoms with Gasteiger partial charge in [-0.1, -0.05) is 0 Å². The van der Waals surface area contributed by atoms with Gasteiger partial charge in [0, 0.05) is 6.42 Å². The Labute approximate surface area is 127 Å². The molecule has 2 aliphatic rings. The number of benzene rings is 1. The van der Waals surface area contributed by atoms with E-state index in [1.54, 1.807) is 0 Å². The van der Waals surface area contributed by atoms with Crippen LogP contribution in [-0.2, 0) is 12.6 Å². The average Bonchev–Trinajstić information content (AvgIpc) is 2.71. The SMILES string of the molecule is FC(F)(F)c1cc2c(cc1CC1CCCNC1)OCCCO2. The van der Waals surface area contributed by atoms with E-state index in [1.165, 1.54) is 6.07 Å². The zero-order valence-corrected chi connectivity index (χ0v) is 12.3. The Bertz CT molecular complexity index is 525. The lowest BCUT2D eigenvalue weighted by atomic mass is 9.90. The summed E-state index contributed by atoms with van der Waals surface area (Å²) < 4.78 is 51.0. The standard InChI is InChI=1S/C16H20F3NO2/c17-16(18,19)13-9-15-14(21-5-2-6-22-15)8-12(13)7-11-3-1-4-20-10-11/h8-9,11,20H,1-7,10H2. The number of alkyl halides is 3. The van der Waals surface area contributed by atoms with Crippen LogP contribution in [0, 0.1) is 5.92 Å². The molecule has 3 rings (SSSR count). The van der Waals surface area contributed by atoms with Gasteiger partial charge in [-0.15, -0.1) is 0 Å². The van der Waals surface area contributed by atoms with E-state index in [4.69, 9.17) is 9.47 Å². The minimum atomic E-state index is -4.37. The van der Waals surface area contributed by atoms with Crippen LogP contribution in [0.3, 0.4) is 0 Å². The predicted molar refractivity (Wildman–Crippen MR) is 76.3 cm³/mol. The van der Waals surface area contributed by atoms with Crippen LogP contribution < -0.4 is 14.8 Å². The number of halogens is 3. The van der Waals surface area contributed by atoms with Crippen molar-refractivity contribution in [2.24, 2.45) is 5.92 Å². The highest BCUT2D eigenvalue weighted by molar-refractivity contribution is 5.49. The predicted octanol–water partition coefficient (Wildman–Crippen LogP) is 3.41. The van der Waals surface area contributed by atoms with Crippen molar-refractivity contribution in [3.63, 3.8) is 0 Å². The van der Waals surface area contributed by atoms with Gasteiger partial charge in [-0.2, -0.15) is 13.2 Å². The van der Waals surface area contributed by atoms with Gasteiger partial charge in [0.1, 0.15) is 0 Å². The third-order valence-corrected chi connectivity index (χ3v) is 4.19. The second kappa shape index (κ2) is 6.36. The van der Waals surface area contributed by atoms with Crippen molar-refractivity contribution in [2.45, 2.75) is 31.9 Å². The van der Waals surface area contributed by atoms with Crippen LogP contribution in [0.15, 0.2) is 12.1 Å². The highest BCUT2D eigenvalue weighted by Crippen LogP contribution is 2.41. The summed E-state index contributed by atoms with van der Waals surface area (Å²) in [5.41, 5.74) is -0.284. The molecule has 6 heteroatoms. The fourth-order valence-electron chi connectivity index (χ4n) is 3.09. The van der Waals surface area contributed by atoms with Crippen molar-refractivity contribution < 1.29 is 22.6 Å². The first-order chi connectivity index (χ1) is 10.5. The number of fused-ring (bicyclic) bond motifs is 1. The molecule has 1 unspecified atom stereocenters. The minimum absolute atomic E-state index is 0.204. The molecule has 0 saturated carbocycles. The molecular weight excluding hydrogens is 295 g/mol. The summed E-state index contributed by atoms with van der Waals surface area (Å²) in [4.78, 5) is 0. The van der Waals surface area contributed by atoms with Crippen LogP contribution in [0.1, 0.15) is 30.4 Å². The van der Waals surface area contributed by atoms with Crippen molar-refractivity contribution >= 4 is 0 Å². The highest BCUT2D eigenvalue weighted by atomic mass is 19.4. The van der Waals surface area contributed by atoms with E-state index in [2.05, 4.69) is 5.32 Å². The maximum atomic E-state index is 13.4. The van der Waals surface area contributed by atoms with Gasteiger partial charge < -0.3 is 14.8 Å². The lowest BCUT2D eigenvalue weighted by Gasteiger charge is -2.25. The van der Waals surface area contributed by atoms with Crippen LogP contribution in [0.2, 0.25) is 0 Å². The number of hydrogen-bond acceptors (Lipinski definition) is 3. The van der Waals surface area contributed by atoms with Gasteiger partial charge in [-0.05, 0) is 56.0 Å². The molecule has 0 spiro atoms. The maximum Gasteiger partial charge on any atom is 0.416 e. The number of hydrogen-bond donors (Lipinski definition) is 1. The summed E-state index contributed by atoms with van der Waals surface area (Å²) in [5.74, 6) is 0.874. The van der Waals surface area contributed by atoms with Crippen LogP contribution in [0.5, 0.6) is 11.5 Å². The molecule has 1 N–H and O–H groups in total. The first-order valence-corrected chi connectivity index (χ1v) is 7.74. The molecule has 3 nitrogen and oxygen atoms in total. The second-order valence-electron chi connectivity index (χ2n) is 5.92. The maximum absolute atomic E-state index is 13.4. The van der Waals surface area contributed by atoms with Gasteiger partial charge in [0.05, 0.1) is 18.8 Å². The molecule has 0 aliphatic carbocycles. The highest BCUT2D eigenvalue weighted by Gasteiger charge is 2.35. The Balaban J connectivity index is 1.93. The molecule has 122 valence electrons. The number of piperidine rings is 1. The Morgan fingerprint density at radius 3 is 2.45 bits per heavy atom. The molecule has 2 aliphatic heterocycles. The van der Waals surface area contributed by atoms with Crippen molar-refractivity contribution in [1.82, 2.24) is 5.32 Å². The number of nitrogens with one attached hydrogen (secondary N) is 1. The van der Waals surface area contributed by atoms with Crippen LogP contribution in [0.25, 0.3) is 0 Å². The number of ether oxygens (including phenoxy) is 2. The topological polar surface area (TPSA) is 30.5 Å². The summed E-state index contributed by atoms with van der Waals surface area (Å²) >= 11 is 0. The summed E-state index contributed by atoms with van der Waals surface area (Å²) in [7, 11) is 0. The minimum Gasteiger partial charge on any atom is -0.490 e. The van der Waals surface area contributed by atoms with Crippen LogP contribution in [-0.4, -0.2) is 26.3 Å². The van der Waals surface area contributed by atoms with E-state index in [9.17, 15) is 13.2 Å². The third-order valence-electron chi connectivity index (χ3n) is 4.19. The summed E-state index contributed by atoms with van der Waals surface area (Å²) in [6.07, 6.45) is -1.31. The summed E-state index contributed by atoms with van der Waals surface area (Å²) in [6.45, 7) is 2.58. The van der Waals surface area contributed by atoms with Crippen LogP contribution >= 0.6 is 0 Å². The quantitative estimate of drug-likeness (QED) is 0.907. The molecule has 1 aromatic carbocycles. The molecular formula is C16H20F3NO2. The van der Waals surface area contributed by atoms with Crippen LogP contribution in [0.4, 0.5) is 13.2 Å². The fraction of sp³-hybridized carbons (Fsp3) is 0.625. The van der Waals surface area contributed by atoms with Crippen molar-refractivity contribution in [2.75, 3.05) is 26.3 Å². The first-order valence-electron chi connectivity index (χ1n) is 7.74. The molecule has 0 amide bonds. The Kier molecular flexibility index (Phi) is 4.47. The summed E-state index contributed by atoms with van der Waals surface area (Å²) in [6, 6.07) is 2.63. The van der Waals surface area contributed by atoms with Gasteiger partial charge in [-0.25, -0.2) is 0 Å². The average molecular weight is 315 g/mol. The fourth-order valence-corrected chi connectivity index (χ4v) is 3.09. The zero-order valence-electron chi connectivity index (χ0n) is 12.3. The molecule has 0 radical (unpaired) electrons. The molecule has 22 heavy (non-hydrogen) atoms. The van der Waals surface area contributed by atoms with Gasteiger partial charge in [-0.3, -0.25) is 0 Å². The monoisotopic (exact) mass is 315 g/mol. The normalized spacial score (nSPS) is 22.2. The van der Waals surface area contributed by atoms with E-state index in [-0.39, 0.29) is 11.7 Å². The Hall–Kier alpha value is -1.43. The first kappa shape index (κ1) is 15.5. The van der Waals surface area contributed by atoms with E-state index < -0.39 is 11.7 Å². The van der Waals surface area contributed by atoms with E-state index in [1.807, 2.05) is 0 Å². The summed E-state index contributed by atoms with van der Waals surface area (Å²) in [5, 5.41) is 3.25. The molecule has 2 heterocycles. The zero-order chi connectivity index (χ0) is 15.6. The smallest absolute Gasteiger partial charge is 0.416 e. The molecule has 1 fully saturated rings. The van der Waals surface area contributed by atoms with Gasteiger partial charge in [0.2, 0.25) is 0 Å².